The van der Waals surface area contributed by atoms with Crippen molar-refractivity contribution in [3.05, 3.63) is 41.4 Å². The fourth-order valence-electron chi connectivity index (χ4n) is 1.43. The number of halogens is 1. The first kappa shape index (κ1) is 15.5. The Kier molecular flexibility index (Phi) is 5.86. The number of ether oxygens (including phenoxy) is 1. The van der Waals surface area contributed by atoms with Crippen LogP contribution in [0.5, 0.6) is 5.75 Å². The number of rotatable bonds is 6. The Morgan fingerprint density at radius 2 is 2.26 bits per heavy atom. The van der Waals surface area contributed by atoms with Gasteiger partial charge in [0.15, 0.2) is 6.10 Å². The highest BCUT2D eigenvalue weighted by molar-refractivity contribution is 6.32. The Balaban J connectivity index is 2.71. The van der Waals surface area contributed by atoms with Crippen molar-refractivity contribution < 1.29 is 14.6 Å². The van der Waals surface area contributed by atoms with E-state index in [4.69, 9.17) is 16.3 Å². The van der Waals surface area contributed by atoms with Crippen LogP contribution >= 0.6 is 11.6 Å². The molecule has 1 unspecified atom stereocenters. The van der Waals surface area contributed by atoms with Crippen molar-refractivity contribution in [2.75, 3.05) is 6.54 Å². The van der Waals surface area contributed by atoms with E-state index in [9.17, 15) is 9.90 Å². The van der Waals surface area contributed by atoms with Gasteiger partial charge in [-0.25, -0.2) is 0 Å². The normalized spacial score (nSPS) is 13.5. The second-order valence-electron chi connectivity index (χ2n) is 4.16. The Hall–Kier alpha value is -1.52. The minimum absolute atomic E-state index is 0.240. The standard InChI is InChI=1S/C14H18ClNO3/c1-4-7-16-14(18)10(3)19-13-6-5-11(9(2)17)8-12(13)15/h4-6,8-10,17H,1,7H2,2-3H3,(H,16,18)/t9-,10?/m1/s1. The largest absolute Gasteiger partial charge is 0.479 e. The average molecular weight is 284 g/mol. The zero-order valence-corrected chi connectivity index (χ0v) is 11.8. The fraction of sp³-hybridized carbons (Fsp3) is 0.357. The molecular formula is C14H18ClNO3. The van der Waals surface area contributed by atoms with Gasteiger partial charge in [-0.3, -0.25) is 4.79 Å². The Bertz CT molecular complexity index is 460. The summed E-state index contributed by atoms with van der Waals surface area (Å²) >= 11 is 6.04. The minimum Gasteiger partial charge on any atom is -0.479 e. The molecule has 0 saturated carbocycles. The van der Waals surface area contributed by atoms with E-state index in [-0.39, 0.29) is 5.91 Å². The summed E-state index contributed by atoms with van der Waals surface area (Å²) in [5.74, 6) is 0.169. The fourth-order valence-corrected chi connectivity index (χ4v) is 1.67. The van der Waals surface area contributed by atoms with E-state index in [2.05, 4.69) is 11.9 Å². The maximum absolute atomic E-state index is 11.6. The third-order valence-electron chi connectivity index (χ3n) is 2.53. The molecule has 1 aromatic rings. The molecule has 0 spiro atoms. The number of benzene rings is 1. The van der Waals surface area contributed by atoms with Crippen LogP contribution in [0.25, 0.3) is 0 Å². The lowest BCUT2D eigenvalue weighted by atomic mass is 10.1. The molecule has 4 nitrogen and oxygen atoms in total. The van der Waals surface area contributed by atoms with E-state index in [0.717, 1.165) is 0 Å². The number of nitrogens with one attached hydrogen (secondary N) is 1. The molecule has 0 saturated heterocycles. The van der Waals surface area contributed by atoms with Crippen molar-refractivity contribution in [3.63, 3.8) is 0 Å². The zero-order chi connectivity index (χ0) is 14.4. The molecule has 0 radical (unpaired) electrons. The van der Waals surface area contributed by atoms with Crippen LogP contribution in [0.1, 0.15) is 25.5 Å². The number of carbonyl (C=O) groups excluding carboxylic acids is 1. The number of amides is 1. The van der Waals surface area contributed by atoms with Gasteiger partial charge < -0.3 is 15.2 Å². The number of aliphatic hydroxyl groups excluding tert-OH is 1. The van der Waals surface area contributed by atoms with E-state index in [1.807, 2.05) is 0 Å². The summed E-state index contributed by atoms with van der Waals surface area (Å²) in [5, 5.41) is 12.4. The first-order chi connectivity index (χ1) is 8.95. The van der Waals surface area contributed by atoms with Crippen molar-refractivity contribution >= 4 is 17.5 Å². The van der Waals surface area contributed by atoms with Gasteiger partial charge in [-0.1, -0.05) is 23.7 Å². The smallest absolute Gasteiger partial charge is 0.261 e. The molecule has 19 heavy (non-hydrogen) atoms. The quantitative estimate of drug-likeness (QED) is 0.789. The van der Waals surface area contributed by atoms with Crippen molar-refractivity contribution in [1.29, 1.82) is 0 Å². The summed E-state index contributed by atoms with van der Waals surface area (Å²) in [6.45, 7) is 7.19. The van der Waals surface area contributed by atoms with Crippen LogP contribution < -0.4 is 10.1 Å². The van der Waals surface area contributed by atoms with Crippen molar-refractivity contribution in [1.82, 2.24) is 5.32 Å². The monoisotopic (exact) mass is 283 g/mol. The predicted octanol–water partition coefficient (Wildman–Crippen LogP) is 2.46. The van der Waals surface area contributed by atoms with Gasteiger partial charge in [0.2, 0.25) is 0 Å². The van der Waals surface area contributed by atoms with E-state index in [0.29, 0.717) is 22.9 Å². The zero-order valence-electron chi connectivity index (χ0n) is 11.0. The van der Waals surface area contributed by atoms with E-state index in [1.54, 1.807) is 38.1 Å². The highest BCUT2D eigenvalue weighted by atomic mass is 35.5. The molecule has 1 aromatic carbocycles. The van der Waals surface area contributed by atoms with E-state index < -0.39 is 12.2 Å². The SMILES string of the molecule is C=CCNC(=O)C(C)Oc1ccc([C@@H](C)O)cc1Cl. The van der Waals surface area contributed by atoms with Gasteiger partial charge in [0.25, 0.3) is 5.91 Å². The van der Waals surface area contributed by atoms with Crippen molar-refractivity contribution in [2.24, 2.45) is 0 Å². The number of aliphatic hydroxyl groups is 1. The third-order valence-corrected chi connectivity index (χ3v) is 2.83. The topological polar surface area (TPSA) is 58.6 Å². The van der Waals surface area contributed by atoms with Gasteiger partial charge in [0.05, 0.1) is 11.1 Å². The highest BCUT2D eigenvalue weighted by Gasteiger charge is 2.15. The van der Waals surface area contributed by atoms with Crippen LogP contribution in [0.15, 0.2) is 30.9 Å². The molecule has 1 amide bonds. The number of hydrogen-bond donors (Lipinski definition) is 2. The van der Waals surface area contributed by atoms with Gasteiger partial charge in [-0.15, -0.1) is 6.58 Å². The van der Waals surface area contributed by atoms with E-state index >= 15 is 0 Å². The average Bonchev–Trinajstić information content (AvgIpc) is 2.37. The van der Waals surface area contributed by atoms with E-state index in [1.165, 1.54) is 0 Å². The lowest BCUT2D eigenvalue weighted by Crippen LogP contribution is -2.36. The maximum atomic E-state index is 11.6. The molecular weight excluding hydrogens is 266 g/mol. The molecule has 0 aliphatic rings. The first-order valence-corrected chi connectivity index (χ1v) is 6.36. The van der Waals surface area contributed by atoms with Gasteiger partial charge in [0, 0.05) is 6.54 Å². The van der Waals surface area contributed by atoms with Crippen LogP contribution in [0.4, 0.5) is 0 Å². The molecule has 0 aromatic heterocycles. The van der Waals surface area contributed by atoms with Gasteiger partial charge in [-0.05, 0) is 31.5 Å². The predicted molar refractivity (Wildman–Crippen MR) is 75.4 cm³/mol. The Labute approximate surface area is 118 Å². The van der Waals surface area contributed by atoms with Crippen LogP contribution in [-0.2, 0) is 4.79 Å². The lowest BCUT2D eigenvalue weighted by molar-refractivity contribution is -0.127. The first-order valence-electron chi connectivity index (χ1n) is 5.98. The molecule has 0 aliphatic carbocycles. The maximum Gasteiger partial charge on any atom is 0.261 e. The van der Waals surface area contributed by atoms with Crippen LogP contribution in [0.2, 0.25) is 5.02 Å². The lowest BCUT2D eigenvalue weighted by Gasteiger charge is -2.16. The third kappa shape index (κ3) is 4.58. The van der Waals surface area contributed by atoms with Crippen molar-refractivity contribution in [2.45, 2.75) is 26.1 Å². The molecule has 2 N–H and O–H groups in total. The highest BCUT2D eigenvalue weighted by Crippen LogP contribution is 2.28. The second kappa shape index (κ2) is 7.16. The van der Waals surface area contributed by atoms with Gasteiger partial charge in [0.1, 0.15) is 5.75 Å². The Morgan fingerprint density at radius 1 is 1.58 bits per heavy atom. The molecule has 1 rings (SSSR count). The number of hydrogen-bond acceptors (Lipinski definition) is 3. The summed E-state index contributed by atoms with van der Waals surface area (Å²) in [4.78, 5) is 11.6. The second-order valence-corrected chi connectivity index (χ2v) is 4.57. The summed E-state index contributed by atoms with van der Waals surface area (Å²) in [7, 11) is 0. The molecule has 0 bridgehead atoms. The van der Waals surface area contributed by atoms with Gasteiger partial charge >= 0.3 is 0 Å². The molecule has 104 valence electrons. The van der Waals surface area contributed by atoms with Crippen LogP contribution in [0, 0.1) is 0 Å². The summed E-state index contributed by atoms with van der Waals surface area (Å²) in [6, 6.07) is 4.97. The molecule has 2 atom stereocenters. The van der Waals surface area contributed by atoms with Crippen molar-refractivity contribution in [3.8, 4) is 5.75 Å². The molecule has 5 heteroatoms. The number of carbonyl (C=O) groups is 1. The van der Waals surface area contributed by atoms with Crippen LogP contribution in [-0.4, -0.2) is 23.7 Å². The molecule has 0 fully saturated rings. The van der Waals surface area contributed by atoms with Gasteiger partial charge in [-0.2, -0.15) is 0 Å². The summed E-state index contributed by atoms with van der Waals surface area (Å²) < 4.78 is 5.48. The van der Waals surface area contributed by atoms with Crippen LogP contribution in [0.3, 0.4) is 0 Å². The Morgan fingerprint density at radius 3 is 2.79 bits per heavy atom. The molecule has 0 aliphatic heterocycles. The molecule has 0 heterocycles. The minimum atomic E-state index is -0.658. The summed E-state index contributed by atoms with van der Waals surface area (Å²) in [5.41, 5.74) is 0.695. The summed E-state index contributed by atoms with van der Waals surface area (Å²) in [6.07, 6.45) is 0.337.